The molecule has 4 aromatic carbocycles. The van der Waals surface area contributed by atoms with Crippen LogP contribution in [0, 0.1) is 5.92 Å². The predicted molar refractivity (Wildman–Crippen MR) is 165 cm³/mol. The number of ether oxygens (including phenoxy) is 2. The Hall–Kier alpha value is -3.95. The minimum atomic E-state index is -0.648. The zero-order chi connectivity index (χ0) is 29.5. The molecule has 7 nitrogen and oxygen atoms in total. The molecule has 2 amide bonds. The van der Waals surface area contributed by atoms with Gasteiger partial charge in [0.2, 0.25) is 5.91 Å². The number of carbonyl (C=O) groups is 2. The van der Waals surface area contributed by atoms with Crippen molar-refractivity contribution < 1.29 is 24.2 Å². The summed E-state index contributed by atoms with van der Waals surface area (Å²) in [6.45, 7) is 3.60. The molecule has 5 rings (SSSR count). The lowest BCUT2D eigenvalue weighted by atomic mass is 9.91. The van der Waals surface area contributed by atoms with Crippen molar-refractivity contribution in [2.45, 2.75) is 43.8 Å². The monoisotopic (exact) mass is 582 g/mol. The largest absolute Gasteiger partial charge is 0.392 e. The van der Waals surface area contributed by atoms with Gasteiger partial charge >= 0.3 is 0 Å². The summed E-state index contributed by atoms with van der Waals surface area (Å²) in [7, 11) is 0. The molecule has 8 heteroatoms. The highest BCUT2D eigenvalue weighted by atomic mass is 32.2. The van der Waals surface area contributed by atoms with Gasteiger partial charge in [-0.1, -0.05) is 61.5 Å². The van der Waals surface area contributed by atoms with Crippen molar-refractivity contribution in [2.24, 2.45) is 5.92 Å². The van der Waals surface area contributed by atoms with E-state index in [1.165, 1.54) is 6.92 Å². The maximum absolute atomic E-state index is 12.8. The first kappa shape index (κ1) is 29.5. The molecular formula is C34H34N2O5S. The minimum absolute atomic E-state index is 0.0193. The smallest absolute Gasteiger partial charge is 0.255 e. The Labute approximate surface area is 250 Å². The molecule has 42 heavy (non-hydrogen) atoms. The fourth-order valence-electron chi connectivity index (χ4n) is 4.88. The highest BCUT2D eigenvalue weighted by molar-refractivity contribution is 7.99. The maximum atomic E-state index is 12.8. The van der Waals surface area contributed by atoms with E-state index in [-0.39, 0.29) is 36.5 Å². The van der Waals surface area contributed by atoms with Crippen molar-refractivity contribution in [2.75, 3.05) is 16.4 Å². The van der Waals surface area contributed by atoms with Crippen LogP contribution < -0.4 is 10.6 Å². The summed E-state index contributed by atoms with van der Waals surface area (Å²) in [4.78, 5) is 25.2. The van der Waals surface area contributed by atoms with Crippen LogP contribution >= 0.6 is 11.8 Å². The molecule has 0 aliphatic carbocycles. The van der Waals surface area contributed by atoms with E-state index in [0.29, 0.717) is 17.0 Å². The predicted octanol–water partition coefficient (Wildman–Crippen LogP) is 6.97. The molecule has 0 bridgehead atoms. The molecule has 4 atom stereocenters. The molecule has 4 aromatic rings. The summed E-state index contributed by atoms with van der Waals surface area (Å²) in [6.07, 6.45) is -1.04. The van der Waals surface area contributed by atoms with Crippen LogP contribution in [0.25, 0.3) is 0 Å². The molecule has 216 valence electrons. The van der Waals surface area contributed by atoms with Gasteiger partial charge in [-0.15, -0.1) is 11.8 Å². The molecule has 3 N–H and O–H groups in total. The number of aliphatic hydroxyl groups is 1. The zero-order valence-electron chi connectivity index (χ0n) is 23.5. The first-order valence-corrected chi connectivity index (χ1v) is 14.9. The molecule has 1 saturated heterocycles. The van der Waals surface area contributed by atoms with Gasteiger partial charge < -0.3 is 25.2 Å². The van der Waals surface area contributed by atoms with Gasteiger partial charge in [0.15, 0.2) is 6.29 Å². The normalized spacial score (nSPS) is 20.1. The average molecular weight is 583 g/mol. The number of rotatable bonds is 9. The lowest BCUT2D eigenvalue weighted by Gasteiger charge is -2.41. The third-order valence-electron chi connectivity index (χ3n) is 7.16. The fourth-order valence-corrected chi connectivity index (χ4v) is 5.95. The molecular weight excluding hydrogens is 548 g/mol. The van der Waals surface area contributed by atoms with Gasteiger partial charge in [-0.3, -0.25) is 9.59 Å². The van der Waals surface area contributed by atoms with E-state index in [4.69, 9.17) is 9.47 Å². The Balaban J connectivity index is 1.36. The number of amides is 2. The summed E-state index contributed by atoms with van der Waals surface area (Å²) in [5.74, 6) is 0.435. The number of benzene rings is 4. The van der Waals surface area contributed by atoms with Gasteiger partial charge in [0.1, 0.15) is 0 Å². The maximum Gasteiger partial charge on any atom is 0.255 e. The van der Waals surface area contributed by atoms with Gasteiger partial charge in [-0.25, -0.2) is 0 Å². The van der Waals surface area contributed by atoms with Crippen molar-refractivity contribution in [3.63, 3.8) is 0 Å². The Morgan fingerprint density at radius 1 is 0.810 bits per heavy atom. The standard InChI is InChI=1S/C34H34N2O5S/c1-22-31(21-42-30-17-15-28(16-18-30)35-23(2)38)40-34(41-32(22)25-13-11-24(20-37)12-14-25)27-9-6-10-29(19-27)36-33(39)26-7-4-3-5-8-26/h3-19,22,31-32,34,37H,20-21H2,1-2H3,(H,35,38)(H,36,39)/t22-,31+,32+,34+/m1/s1. The van der Waals surface area contributed by atoms with E-state index >= 15 is 0 Å². The number of hydrogen-bond donors (Lipinski definition) is 3. The van der Waals surface area contributed by atoms with Crippen LogP contribution in [-0.4, -0.2) is 28.8 Å². The average Bonchev–Trinajstić information content (AvgIpc) is 3.01. The van der Waals surface area contributed by atoms with Gasteiger partial charge in [0.05, 0.1) is 18.8 Å². The second-order valence-corrected chi connectivity index (χ2v) is 11.4. The molecule has 0 unspecified atom stereocenters. The van der Waals surface area contributed by atoms with Gasteiger partial charge in [-0.2, -0.15) is 0 Å². The Kier molecular flexibility index (Phi) is 9.71. The van der Waals surface area contributed by atoms with Crippen LogP contribution in [0.2, 0.25) is 0 Å². The van der Waals surface area contributed by atoms with E-state index < -0.39 is 6.29 Å². The zero-order valence-corrected chi connectivity index (χ0v) is 24.3. The van der Waals surface area contributed by atoms with E-state index in [2.05, 4.69) is 17.6 Å². The highest BCUT2D eigenvalue weighted by Crippen LogP contribution is 2.43. The van der Waals surface area contributed by atoms with E-state index in [1.807, 2.05) is 91.0 Å². The first-order valence-electron chi connectivity index (χ1n) is 13.9. The van der Waals surface area contributed by atoms with Crippen molar-refractivity contribution in [3.8, 4) is 0 Å². The quantitative estimate of drug-likeness (QED) is 0.184. The number of nitrogens with one attached hydrogen (secondary N) is 2. The molecule has 1 aliphatic heterocycles. The summed E-state index contributed by atoms with van der Waals surface area (Å²) in [5, 5.41) is 15.3. The molecule has 1 fully saturated rings. The summed E-state index contributed by atoms with van der Waals surface area (Å²) >= 11 is 1.68. The molecule has 0 aromatic heterocycles. The van der Waals surface area contributed by atoms with E-state index in [9.17, 15) is 14.7 Å². The summed E-state index contributed by atoms with van der Waals surface area (Å²) in [5.41, 5.74) is 4.65. The van der Waals surface area contributed by atoms with Crippen molar-refractivity contribution >= 4 is 35.0 Å². The Morgan fingerprint density at radius 2 is 1.55 bits per heavy atom. The van der Waals surface area contributed by atoms with Crippen LogP contribution in [0.1, 0.15) is 53.3 Å². The van der Waals surface area contributed by atoms with Crippen molar-refractivity contribution in [3.05, 3.63) is 125 Å². The number of hydrogen-bond acceptors (Lipinski definition) is 6. The summed E-state index contributed by atoms with van der Waals surface area (Å²) in [6, 6.07) is 32.2. The number of carbonyl (C=O) groups excluding carboxylic acids is 2. The molecule has 1 heterocycles. The number of anilines is 2. The Bertz CT molecular complexity index is 1490. The Morgan fingerprint density at radius 3 is 2.24 bits per heavy atom. The molecule has 0 spiro atoms. The second kappa shape index (κ2) is 13.8. The van der Waals surface area contributed by atoms with Crippen LogP contribution in [0.4, 0.5) is 11.4 Å². The SMILES string of the molecule is CC(=O)Nc1ccc(SC[C@@H]2O[C@H](c3cccc(NC(=O)c4ccccc4)c3)O[C@H](c3ccc(CO)cc3)[C@@H]2C)cc1. The fraction of sp³-hybridized carbons (Fsp3) is 0.235. The third-order valence-corrected chi connectivity index (χ3v) is 8.27. The number of aliphatic hydroxyl groups excluding tert-OH is 1. The van der Waals surface area contributed by atoms with Gasteiger partial charge in [-0.05, 0) is 59.7 Å². The molecule has 0 saturated carbocycles. The number of thioether (sulfide) groups is 1. The van der Waals surface area contributed by atoms with Crippen molar-refractivity contribution in [1.29, 1.82) is 0 Å². The lowest BCUT2D eigenvalue weighted by molar-refractivity contribution is -0.268. The van der Waals surface area contributed by atoms with E-state index in [1.54, 1.807) is 23.9 Å². The van der Waals surface area contributed by atoms with Crippen LogP contribution in [0.15, 0.2) is 108 Å². The van der Waals surface area contributed by atoms with Gasteiger partial charge in [0, 0.05) is 46.0 Å². The lowest BCUT2D eigenvalue weighted by Crippen LogP contribution is -2.38. The third kappa shape index (κ3) is 7.46. The van der Waals surface area contributed by atoms with E-state index in [0.717, 1.165) is 27.3 Å². The minimum Gasteiger partial charge on any atom is -0.392 e. The van der Waals surface area contributed by atoms with Crippen LogP contribution in [0.5, 0.6) is 0 Å². The second-order valence-electron chi connectivity index (χ2n) is 10.3. The highest BCUT2D eigenvalue weighted by Gasteiger charge is 2.38. The topological polar surface area (TPSA) is 96.9 Å². The van der Waals surface area contributed by atoms with Crippen LogP contribution in [0.3, 0.4) is 0 Å². The molecule has 0 radical (unpaired) electrons. The molecule has 1 aliphatic rings. The van der Waals surface area contributed by atoms with Crippen molar-refractivity contribution in [1.82, 2.24) is 0 Å². The van der Waals surface area contributed by atoms with Crippen LogP contribution in [-0.2, 0) is 20.9 Å². The van der Waals surface area contributed by atoms with Gasteiger partial charge in [0.25, 0.3) is 5.91 Å². The summed E-state index contributed by atoms with van der Waals surface area (Å²) < 4.78 is 13.1. The first-order chi connectivity index (χ1) is 20.4.